The van der Waals surface area contributed by atoms with E-state index in [0.29, 0.717) is 36.7 Å². The number of nitrogens with zero attached hydrogens (tertiary/aromatic N) is 2. The minimum absolute atomic E-state index is 0.163. The number of pyridine rings is 1. The van der Waals surface area contributed by atoms with Gasteiger partial charge in [0.25, 0.3) is 5.91 Å². The van der Waals surface area contributed by atoms with E-state index in [1.807, 2.05) is 30.3 Å². The third kappa shape index (κ3) is 4.08. The summed E-state index contributed by atoms with van der Waals surface area (Å²) >= 11 is 0. The van der Waals surface area contributed by atoms with Crippen molar-refractivity contribution in [2.45, 2.75) is 12.7 Å². The molecule has 0 saturated heterocycles. The number of alkyl halides is 3. The van der Waals surface area contributed by atoms with Gasteiger partial charge in [0.05, 0.1) is 17.8 Å². The van der Waals surface area contributed by atoms with Crippen molar-refractivity contribution in [3.8, 4) is 17.0 Å². The number of carbonyl (C=O) groups excluding carboxylic acids is 1. The molecule has 1 aliphatic rings. The summed E-state index contributed by atoms with van der Waals surface area (Å²) in [5, 5.41) is 0. The smallest absolute Gasteiger partial charge is 0.416 e. The topological polar surface area (TPSA) is 42.4 Å². The highest BCUT2D eigenvalue weighted by Crippen LogP contribution is 2.32. The maximum Gasteiger partial charge on any atom is 0.416 e. The summed E-state index contributed by atoms with van der Waals surface area (Å²) < 4.78 is 44.0. The van der Waals surface area contributed by atoms with Crippen molar-refractivity contribution < 1.29 is 22.7 Å². The van der Waals surface area contributed by atoms with E-state index in [0.717, 1.165) is 17.7 Å². The average Bonchev–Trinajstić information content (AvgIpc) is 2.87. The Morgan fingerprint density at radius 2 is 1.69 bits per heavy atom. The quantitative estimate of drug-likeness (QED) is 0.636. The Bertz CT molecular complexity index is 1020. The molecule has 0 saturated carbocycles. The summed E-state index contributed by atoms with van der Waals surface area (Å²) in [6.45, 7) is 1.18. The third-order valence-corrected chi connectivity index (χ3v) is 4.69. The second-order valence-corrected chi connectivity index (χ2v) is 6.68. The molecule has 0 bridgehead atoms. The minimum Gasteiger partial charge on any atom is -0.489 e. The van der Waals surface area contributed by atoms with Crippen LogP contribution in [0.1, 0.15) is 21.6 Å². The molecular weight excluding hydrogens is 381 g/mol. The van der Waals surface area contributed by atoms with E-state index in [2.05, 4.69) is 4.98 Å². The molecule has 1 aromatic heterocycles. The van der Waals surface area contributed by atoms with Gasteiger partial charge in [-0.15, -0.1) is 0 Å². The van der Waals surface area contributed by atoms with Crippen LogP contribution in [0, 0.1) is 0 Å². The van der Waals surface area contributed by atoms with E-state index in [-0.39, 0.29) is 11.6 Å². The summed E-state index contributed by atoms with van der Waals surface area (Å²) in [6, 6.07) is 17.6. The first-order chi connectivity index (χ1) is 13.9. The molecule has 4 rings (SSSR count). The normalized spacial score (nSPS) is 14.2. The Kier molecular flexibility index (Phi) is 4.96. The van der Waals surface area contributed by atoms with Crippen LogP contribution >= 0.6 is 0 Å². The molecular formula is C22H17F3N2O2. The van der Waals surface area contributed by atoms with Crippen LogP contribution in [0.5, 0.6) is 5.75 Å². The Balaban J connectivity index is 1.63. The Morgan fingerprint density at radius 3 is 2.38 bits per heavy atom. The van der Waals surface area contributed by atoms with Gasteiger partial charge in [-0.3, -0.25) is 4.79 Å². The number of carbonyl (C=O) groups is 1. The highest BCUT2D eigenvalue weighted by molar-refractivity contribution is 5.96. The number of aromatic nitrogens is 1. The van der Waals surface area contributed by atoms with Gasteiger partial charge in [0.1, 0.15) is 6.61 Å². The van der Waals surface area contributed by atoms with Crippen LogP contribution in [-0.4, -0.2) is 28.9 Å². The first-order valence-electron chi connectivity index (χ1n) is 9.06. The molecule has 2 aromatic carbocycles. The van der Waals surface area contributed by atoms with Crippen molar-refractivity contribution >= 4 is 5.91 Å². The monoisotopic (exact) mass is 398 g/mol. The molecule has 29 heavy (non-hydrogen) atoms. The SMILES string of the molecule is O=C1c2nc(-c3ccc(C(F)(F)F)cc3)ccc2OCCN1Cc1ccccc1. The van der Waals surface area contributed by atoms with E-state index in [1.165, 1.54) is 12.1 Å². The highest BCUT2D eigenvalue weighted by atomic mass is 19.4. The van der Waals surface area contributed by atoms with E-state index < -0.39 is 11.7 Å². The van der Waals surface area contributed by atoms with Gasteiger partial charge in [0, 0.05) is 12.1 Å². The Labute approximate surface area is 165 Å². The van der Waals surface area contributed by atoms with Gasteiger partial charge in [0.2, 0.25) is 0 Å². The molecule has 3 aromatic rings. The summed E-state index contributed by atoms with van der Waals surface area (Å²) in [5.74, 6) is 0.108. The maximum absolute atomic E-state index is 13.0. The average molecular weight is 398 g/mol. The number of hydrogen-bond acceptors (Lipinski definition) is 3. The molecule has 4 nitrogen and oxygen atoms in total. The highest BCUT2D eigenvalue weighted by Gasteiger charge is 2.30. The summed E-state index contributed by atoms with van der Waals surface area (Å²) in [4.78, 5) is 19.1. The zero-order valence-electron chi connectivity index (χ0n) is 15.3. The van der Waals surface area contributed by atoms with Crippen LogP contribution in [0.3, 0.4) is 0 Å². The van der Waals surface area contributed by atoms with Crippen molar-refractivity contribution in [3.05, 3.63) is 83.6 Å². The minimum atomic E-state index is -4.40. The zero-order valence-corrected chi connectivity index (χ0v) is 15.3. The second-order valence-electron chi connectivity index (χ2n) is 6.68. The van der Waals surface area contributed by atoms with Crippen LogP contribution in [0.4, 0.5) is 13.2 Å². The molecule has 2 heterocycles. The zero-order chi connectivity index (χ0) is 20.4. The Hall–Kier alpha value is -3.35. The van der Waals surface area contributed by atoms with Gasteiger partial charge in [-0.2, -0.15) is 13.2 Å². The number of benzene rings is 2. The predicted molar refractivity (Wildman–Crippen MR) is 101 cm³/mol. The lowest BCUT2D eigenvalue weighted by molar-refractivity contribution is -0.137. The van der Waals surface area contributed by atoms with Gasteiger partial charge >= 0.3 is 6.18 Å². The van der Waals surface area contributed by atoms with Gasteiger partial charge in [-0.1, -0.05) is 42.5 Å². The van der Waals surface area contributed by atoms with Gasteiger partial charge in [-0.25, -0.2) is 4.98 Å². The second kappa shape index (κ2) is 7.58. The van der Waals surface area contributed by atoms with Crippen LogP contribution in [-0.2, 0) is 12.7 Å². The molecule has 7 heteroatoms. The van der Waals surface area contributed by atoms with E-state index >= 15 is 0 Å². The van der Waals surface area contributed by atoms with Crippen LogP contribution in [0.15, 0.2) is 66.7 Å². The van der Waals surface area contributed by atoms with Gasteiger partial charge in [-0.05, 0) is 29.8 Å². The van der Waals surface area contributed by atoms with Crippen LogP contribution in [0.25, 0.3) is 11.3 Å². The molecule has 148 valence electrons. The molecule has 0 aliphatic carbocycles. The fraction of sp³-hybridized carbons (Fsp3) is 0.182. The molecule has 0 fully saturated rings. The lowest BCUT2D eigenvalue weighted by atomic mass is 10.1. The molecule has 0 radical (unpaired) electrons. The van der Waals surface area contributed by atoms with Crippen molar-refractivity contribution in [2.75, 3.05) is 13.2 Å². The van der Waals surface area contributed by atoms with Crippen molar-refractivity contribution in [1.82, 2.24) is 9.88 Å². The lowest BCUT2D eigenvalue weighted by Crippen LogP contribution is -2.32. The number of halogens is 3. The molecule has 1 amide bonds. The van der Waals surface area contributed by atoms with E-state index in [9.17, 15) is 18.0 Å². The van der Waals surface area contributed by atoms with Crippen molar-refractivity contribution in [1.29, 1.82) is 0 Å². The van der Waals surface area contributed by atoms with Gasteiger partial charge in [0.15, 0.2) is 11.4 Å². The first-order valence-corrected chi connectivity index (χ1v) is 9.06. The summed E-state index contributed by atoms with van der Waals surface area (Å²) in [7, 11) is 0. The molecule has 0 spiro atoms. The largest absolute Gasteiger partial charge is 0.489 e. The number of amides is 1. The molecule has 1 aliphatic heterocycles. The lowest BCUT2D eigenvalue weighted by Gasteiger charge is -2.19. The number of hydrogen-bond donors (Lipinski definition) is 0. The predicted octanol–water partition coefficient (Wildman–Crippen LogP) is 4.80. The number of ether oxygens (including phenoxy) is 1. The Morgan fingerprint density at radius 1 is 0.966 bits per heavy atom. The van der Waals surface area contributed by atoms with Crippen LogP contribution in [0.2, 0.25) is 0 Å². The fourth-order valence-electron chi connectivity index (χ4n) is 3.18. The van der Waals surface area contributed by atoms with E-state index in [4.69, 9.17) is 4.74 Å². The number of rotatable bonds is 3. The third-order valence-electron chi connectivity index (χ3n) is 4.69. The fourth-order valence-corrected chi connectivity index (χ4v) is 3.18. The van der Waals surface area contributed by atoms with Crippen LogP contribution < -0.4 is 4.74 Å². The first kappa shape index (κ1) is 19.0. The van der Waals surface area contributed by atoms with Gasteiger partial charge < -0.3 is 9.64 Å². The van der Waals surface area contributed by atoms with Crippen molar-refractivity contribution in [3.63, 3.8) is 0 Å². The summed E-state index contributed by atoms with van der Waals surface area (Å²) in [5.41, 5.74) is 1.33. The summed E-state index contributed by atoms with van der Waals surface area (Å²) in [6.07, 6.45) is -4.40. The number of fused-ring (bicyclic) bond motifs is 1. The van der Waals surface area contributed by atoms with E-state index in [1.54, 1.807) is 17.0 Å². The van der Waals surface area contributed by atoms with Crippen molar-refractivity contribution in [2.24, 2.45) is 0 Å². The molecule has 0 atom stereocenters. The maximum atomic E-state index is 13.0. The standard InChI is InChI=1S/C22H17F3N2O2/c23-22(24,25)17-8-6-16(7-9-17)18-10-11-19-20(26-18)21(28)27(12-13-29-19)14-15-4-2-1-3-5-15/h1-11H,12-14H2. The molecule has 0 unspecified atom stereocenters. The molecule has 0 N–H and O–H groups in total.